The molecule has 8 nitrogen and oxygen atoms in total. The molecular formula is C19H30N4O4S. The van der Waals surface area contributed by atoms with E-state index in [1.807, 2.05) is 25.0 Å². The number of piperidine rings is 1. The Hall–Kier alpha value is -1.58. The molecular weight excluding hydrogens is 380 g/mol. The Kier molecular flexibility index (Phi) is 6.36. The van der Waals surface area contributed by atoms with Crippen LogP contribution in [0.4, 0.5) is 0 Å². The van der Waals surface area contributed by atoms with Gasteiger partial charge >= 0.3 is 0 Å². The molecule has 2 aliphatic heterocycles. The van der Waals surface area contributed by atoms with Crippen molar-refractivity contribution in [1.29, 1.82) is 0 Å². The van der Waals surface area contributed by atoms with Gasteiger partial charge in [0.2, 0.25) is 11.8 Å². The lowest BCUT2D eigenvalue weighted by atomic mass is 9.73. The zero-order valence-corrected chi connectivity index (χ0v) is 17.6. The fourth-order valence-electron chi connectivity index (χ4n) is 4.24. The Bertz CT molecular complexity index is 717. The van der Waals surface area contributed by atoms with Crippen LogP contribution in [0.3, 0.4) is 0 Å². The molecule has 2 N–H and O–H groups in total. The molecule has 9 heteroatoms. The average Bonchev–Trinajstić information content (AvgIpc) is 3.05. The highest BCUT2D eigenvalue weighted by atomic mass is 32.2. The second-order valence-corrected chi connectivity index (χ2v) is 8.81. The molecule has 28 heavy (non-hydrogen) atoms. The van der Waals surface area contributed by atoms with Gasteiger partial charge in [0.1, 0.15) is 18.5 Å². The Balaban J connectivity index is 1.64. The van der Waals surface area contributed by atoms with Crippen molar-refractivity contribution in [2.75, 3.05) is 31.7 Å². The number of ether oxygens (including phenoxy) is 1. The second kappa shape index (κ2) is 8.42. The molecule has 1 aromatic heterocycles. The van der Waals surface area contributed by atoms with Crippen molar-refractivity contribution in [3.05, 3.63) is 18.2 Å². The first kappa shape index (κ1) is 21.1. The molecule has 1 aromatic rings. The summed E-state index contributed by atoms with van der Waals surface area (Å²) in [5, 5.41) is 14.2. The van der Waals surface area contributed by atoms with Gasteiger partial charge in [-0.05, 0) is 39.4 Å². The number of hydrogen-bond acceptors (Lipinski definition) is 6. The summed E-state index contributed by atoms with van der Waals surface area (Å²) in [4.78, 5) is 30.7. The third kappa shape index (κ3) is 4.21. The van der Waals surface area contributed by atoms with E-state index in [0.29, 0.717) is 44.7 Å². The summed E-state index contributed by atoms with van der Waals surface area (Å²) in [6.07, 6.45) is 6.19. The van der Waals surface area contributed by atoms with Crippen LogP contribution in [0.5, 0.6) is 0 Å². The molecule has 0 radical (unpaired) electrons. The van der Waals surface area contributed by atoms with E-state index >= 15 is 0 Å². The van der Waals surface area contributed by atoms with Crippen LogP contribution in [0.1, 0.15) is 32.0 Å². The van der Waals surface area contributed by atoms with Crippen LogP contribution >= 0.6 is 11.8 Å². The molecule has 0 saturated carbocycles. The number of nitrogens with one attached hydrogen (secondary N) is 1. The number of aliphatic hydroxyl groups is 1. The van der Waals surface area contributed by atoms with Gasteiger partial charge in [0.25, 0.3) is 0 Å². The SMILES string of the molecule is CSCC(=O)N1CCC2(CC1)OCC[C@@](C)(NC(=O)Cn1ccnc1C)[C@@H]2O. The fourth-order valence-corrected chi connectivity index (χ4v) is 4.67. The summed E-state index contributed by atoms with van der Waals surface area (Å²) in [5.41, 5.74) is -1.49. The van der Waals surface area contributed by atoms with Crippen molar-refractivity contribution in [3.63, 3.8) is 0 Å². The molecule has 1 spiro atoms. The number of likely N-dealkylation sites (tertiary alicyclic amines) is 1. The van der Waals surface area contributed by atoms with Crippen molar-refractivity contribution in [1.82, 2.24) is 19.8 Å². The molecule has 0 bridgehead atoms. The maximum Gasteiger partial charge on any atom is 0.240 e. The number of carbonyl (C=O) groups is 2. The molecule has 3 heterocycles. The van der Waals surface area contributed by atoms with Crippen LogP contribution in [-0.4, -0.2) is 80.3 Å². The molecule has 3 rings (SSSR count). The number of aryl methyl sites for hydroxylation is 1. The van der Waals surface area contributed by atoms with Gasteiger partial charge in [0.05, 0.1) is 16.9 Å². The van der Waals surface area contributed by atoms with Gasteiger partial charge in [-0.3, -0.25) is 9.59 Å². The van der Waals surface area contributed by atoms with Crippen LogP contribution < -0.4 is 5.32 Å². The number of thioether (sulfide) groups is 1. The van der Waals surface area contributed by atoms with E-state index in [1.54, 1.807) is 17.0 Å². The second-order valence-electron chi connectivity index (χ2n) is 7.95. The van der Waals surface area contributed by atoms with Gasteiger partial charge < -0.3 is 24.6 Å². The lowest BCUT2D eigenvalue weighted by Crippen LogP contribution is -2.69. The lowest BCUT2D eigenvalue weighted by Gasteiger charge is -2.53. The molecule has 2 aliphatic rings. The van der Waals surface area contributed by atoms with Crippen LogP contribution in [0.25, 0.3) is 0 Å². The largest absolute Gasteiger partial charge is 0.388 e. The topological polar surface area (TPSA) is 96.7 Å². The Morgan fingerprint density at radius 1 is 1.39 bits per heavy atom. The summed E-state index contributed by atoms with van der Waals surface area (Å²) in [6.45, 7) is 5.49. The number of hydrogen-bond donors (Lipinski definition) is 2. The highest BCUT2D eigenvalue weighted by Gasteiger charge is 2.54. The summed E-state index contributed by atoms with van der Waals surface area (Å²) < 4.78 is 7.82. The van der Waals surface area contributed by atoms with Crippen LogP contribution in [0.2, 0.25) is 0 Å². The van der Waals surface area contributed by atoms with Crippen LogP contribution in [0.15, 0.2) is 12.4 Å². The summed E-state index contributed by atoms with van der Waals surface area (Å²) >= 11 is 1.51. The minimum Gasteiger partial charge on any atom is -0.388 e. The number of carbonyl (C=O) groups excluding carboxylic acids is 2. The van der Waals surface area contributed by atoms with Crippen molar-refractivity contribution in [3.8, 4) is 0 Å². The van der Waals surface area contributed by atoms with Crippen molar-refractivity contribution in [2.45, 2.75) is 56.9 Å². The van der Waals surface area contributed by atoms with Gasteiger partial charge in [0, 0.05) is 32.1 Å². The van der Waals surface area contributed by atoms with Crippen LogP contribution in [-0.2, 0) is 20.9 Å². The number of imidazole rings is 1. The van der Waals surface area contributed by atoms with Crippen molar-refractivity contribution < 1.29 is 19.4 Å². The van der Waals surface area contributed by atoms with Crippen molar-refractivity contribution in [2.24, 2.45) is 0 Å². The first-order valence-corrected chi connectivity index (χ1v) is 11.1. The molecule has 2 amide bonds. The smallest absolute Gasteiger partial charge is 0.240 e. The van der Waals surface area contributed by atoms with E-state index in [9.17, 15) is 14.7 Å². The third-order valence-electron chi connectivity index (χ3n) is 6.01. The van der Waals surface area contributed by atoms with Gasteiger partial charge in [-0.2, -0.15) is 11.8 Å². The van der Waals surface area contributed by atoms with Gasteiger partial charge in [-0.25, -0.2) is 4.98 Å². The normalized spacial score (nSPS) is 27.0. The number of nitrogens with zero attached hydrogens (tertiary/aromatic N) is 3. The number of aliphatic hydroxyl groups excluding tert-OH is 1. The van der Waals surface area contributed by atoms with E-state index in [-0.39, 0.29) is 18.4 Å². The molecule has 2 atom stereocenters. The summed E-state index contributed by atoms with van der Waals surface area (Å²) in [5.74, 6) is 1.20. The first-order chi connectivity index (χ1) is 13.3. The minimum absolute atomic E-state index is 0.124. The number of amides is 2. The molecule has 156 valence electrons. The molecule has 0 aromatic carbocycles. The quantitative estimate of drug-likeness (QED) is 0.737. The predicted molar refractivity (Wildman–Crippen MR) is 107 cm³/mol. The standard InChI is InChI=1S/C19H30N4O4S/c1-14-20-7-10-23(14)12-15(24)21-18(2)6-11-27-19(17(18)26)4-8-22(9-5-19)16(25)13-28-3/h7,10,17,26H,4-6,8-9,11-13H2,1-3H3,(H,21,24)/t17-,18+/m0/s1. The van der Waals surface area contributed by atoms with E-state index in [4.69, 9.17) is 4.74 Å². The van der Waals surface area contributed by atoms with E-state index in [2.05, 4.69) is 10.3 Å². The molecule has 0 aliphatic carbocycles. The molecule has 0 unspecified atom stereocenters. The maximum atomic E-state index is 12.6. The van der Waals surface area contributed by atoms with E-state index < -0.39 is 17.2 Å². The Morgan fingerprint density at radius 3 is 2.71 bits per heavy atom. The molecule has 2 fully saturated rings. The summed E-state index contributed by atoms with van der Waals surface area (Å²) in [7, 11) is 0. The fraction of sp³-hybridized carbons (Fsp3) is 0.737. The predicted octanol–water partition coefficient (Wildman–Crippen LogP) is 0.572. The van der Waals surface area contributed by atoms with E-state index in [1.165, 1.54) is 11.8 Å². The average molecular weight is 411 g/mol. The first-order valence-electron chi connectivity index (χ1n) is 9.67. The highest BCUT2D eigenvalue weighted by Crippen LogP contribution is 2.40. The number of rotatable bonds is 5. The zero-order valence-electron chi connectivity index (χ0n) is 16.8. The van der Waals surface area contributed by atoms with Gasteiger partial charge in [-0.1, -0.05) is 0 Å². The molecule has 2 saturated heterocycles. The Labute approximate surface area is 170 Å². The Morgan fingerprint density at radius 2 is 2.11 bits per heavy atom. The highest BCUT2D eigenvalue weighted by molar-refractivity contribution is 7.99. The van der Waals surface area contributed by atoms with Gasteiger partial charge in [0.15, 0.2) is 0 Å². The lowest BCUT2D eigenvalue weighted by molar-refractivity contribution is -0.207. The monoisotopic (exact) mass is 410 g/mol. The summed E-state index contributed by atoms with van der Waals surface area (Å²) in [6, 6.07) is 0. The number of aromatic nitrogens is 2. The van der Waals surface area contributed by atoms with Crippen molar-refractivity contribution >= 4 is 23.6 Å². The minimum atomic E-state index is -0.834. The van der Waals surface area contributed by atoms with E-state index in [0.717, 1.165) is 5.82 Å². The zero-order chi connectivity index (χ0) is 20.4. The third-order valence-corrected chi connectivity index (χ3v) is 6.54. The van der Waals surface area contributed by atoms with Crippen LogP contribution in [0, 0.1) is 6.92 Å². The van der Waals surface area contributed by atoms with Gasteiger partial charge in [-0.15, -0.1) is 0 Å². The maximum absolute atomic E-state index is 12.6.